The van der Waals surface area contributed by atoms with Crippen molar-refractivity contribution in [2.75, 3.05) is 61.2 Å². The Hall–Kier alpha value is -0.0500. The van der Waals surface area contributed by atoms with Gasteiger partial charge >= 0.3 is 7.82 Å². The second kappa shape index (κ2) is 25.2. The number of methoxy groups -OCH3 is 1. The number of hydrogen-bond donors (Lipinski definition) is 1. The fourth-order valence-corrected chi connectivity index (χ4v) is 4.54. The molecule has 0 bridgehead atoms. The zero-order valence-corrected chi connectivity index (χ0v) is 25.2. The molecule has 0 aromatic heterocycles. The van der Waals surface area contributed by atoms with Gasteiger partial charge in [0.25, 0.3) is 0 Å². The van der Waals surface area contributed by atoms with Crippen LogP contribution >= 0.6 is 7.82 Å². The minimum absolute atomic E-state index is 0. The van der Waals surface area contributed by atoms with Gasteiger partial charge in [-0.25, -0.2) is 4.57 Å². The van der Waals surface area contributed by atoms with Crippen LogP contribution in [0.4, 0.5) is 0 Å². The molecule has 0 saturated heterocycles. The summed E-state index contributed by atoms with van der Waals surface area (Å²) < 4.78 is 33.7. The van der Waals surface area contributed by atoms with E-state index in [0.29, 0.717) is 24.2 Å². The van der Waals surface area contributed by atoms with E-state index in [4.69, 9.17) is 18.5 Å². The maximum atomic E-state index is 12.0. The van der Waals surface area contributed by atoms with Crippen molar-refractivity contribution in [1.29, 1.82) is 0 Å². The van der Waals surface area contributed by atoms with E-state index >= 15 is 0 Å². The average Bonchev–Trinajstić information content (AvgIpc) is 2.79. The molecule has 2 atom stereocenters. The molecule has 0 aromatic rings. The second-order valence-electron chi connectivity index (χ2n) is 10.8. The first-order chi connectivity index (χ1) is 16.7. The highest BCUT2D eigenvalue weighted by molar-refractivity contribution is 7.47. The van der Waals surface area contributed by atoms with E-state index in [1.54, 1.807) is 7.11 Å². The van der Waals surface area contributed by atoms with Crippen molar-refractivity contribution in [2.45, 2.75) is 116 Å². The number of ether oxygens (including phenoxy) is 2. The molecule has 0 aliphatic rings. The molecule has 0 spiro atoms. The SMILES string of the molecule is CCCCCCCCCCCCCCCCCCOCC(COP(=O)(O)OCC[N+](C)(C)C)OC.[OH-]. The summed E-state index contributed by atoms with van der Waals surface area (Å²) in [6, 6.07) is 0. The zero-order chi connectivity index (χ0) is 26.3. The maximum Gasteiger partial charge on any atom is 0.472 e. The smallest absolute Gasteiger partial charge is 0.472 e. The third-order valence-corrected chi connectivity index (χ3v) is 7.20. The van der Waals surface area contributed by atoms with Crippen molar-refractivity contribution in [3.8, 4) is 0 Å². The Morgan fingerprint density at radius 2 is 1.14 bits per heavy atom. The van der Waals surface area contributed by atoms with Crippen LogP contribution in [0.15, 0.2) is 0 Å². The monoisotopic (exact) mass is 541 g/mol. The molecule has 0 amide bonds. The molecular weight excluding hydrogens is 481 g/mol. The first-order valence-electron chi connectivity index (χ1n) is 14.2. The van der Waals surface area contributed by atoms with Crippen molar-refractivity contribution in [1.82, 2.24) is 0 Å². The fourth-order valence-electron chi connectivity index (χ4n) is 3.80. The van der Waals surface area contributed by atoms with Gasteiger partial charge in [0.05, 0.1) is 34.4 Å². The molecule has 0 aromatic carbocycles. The number of likely N-dealkylation sites (N-methyl/N-ethyl adjacent to an activating group) is 1. The van der Waals surface area contributed by atoms with Crippen molar-refractivity contribution in [2.24, 2.45) is 0 Å². The number of rotatable bonds is 27. The van der Waals surface area contributed by atoms with E-state index in [2.05, 4.69) is 6.92 Å². The lowest BCUT2D eigenvalue weighted by molar-refractivity contribution is -0.870. The number of nitrogens with zero attached hydrogens (tertiary/aromatic N) is 1. The van der Waals surface area contributed by atoms with E-state index in [9.17, 15) is 9.46 Å². The van der Waals surface area contributed by atoms with E-state index in [1.807, 2.05) is 21.1 Å². The lowest BCUT2D eigenvalue weighted by Crippen LogP contribution is -2.37. The quantitative estimate of drug-likeness (QED) is 0.0682. The van der Waals surface area contributed by atoms with Gasteiger partial charge < -0.3 is 24.3 Å². The van der Waals surface area contributed by atoms with Crippen LogP contribution in [0.25, 0.3) is 0 Å². The van der Waals surface area contributed by atoms with Crippen LogP contribution in [0.2, 0.25) is 0 Å². The summed E-state index contributed by atoms with van der Waals surface area (Å²) in [4.78, 5) is 9.79. The summed E-state index contributed by atoms with van der Waals surface area (Å²) in [5.74, 6) is 0. The van der Waals surface area contributed by atoms with Crippen molar-refractivity contribution < 1.29 is 37.9 Å². The number of phosphoric acid groups is 1. The number of quaternary nitrogens is 1. The Bertz CT molecular complexity index is 503. The van der Waals surface area contributed by atoms with Gasteiger partial charge in [0, 0.05) is 13.7 Å². The summed E-state index contributed by atoms with van der Waals surface area (Å²) in [6.45, 7) is 4.03. The number of phosphoric ester groups is 1. The molecule has 0 heterocycles. The number of hydrogen-bond acceptors (Lipinski definition) is 6. The van der Waals surface area contributed by atoms with Crippen LogP contribution in [0.1, 0.15) is 110 Å². The zero-order valence-electron chi connectivity index (χ0n) is 24.3. The van der Waals surface area contributed by atoms with Crippen LogP contribution in [0, 0.1) is 0 Å². The van der Waals surface area contributed by atoms with E-state index < -0.39 is 13.9 Å². The Kier molecular flexibility index (Phi) is 26.7. The largest absolute Gasteiger partial charge is 0.870 e. The highest BCUT2D eigenvalue weighted by Gasteiger charge is 2.24. The van der Waals surface area contributed by atoms with Crippen LogP contribution in [-0.4, -0.2) is 82.2 Å². The summed E-state index contributed by atoms with van der Waals surface area (Å²) >= 11 is 0. The van der Waals surface area contributed by atoms with E-state index in [0.717, 1.165) is 6.42 Å². The van der Waals surface area contributed by atoms with Gasteiger partial charge in [0.15, 0.2) is 0 Å². The minimum Gasteiger partial charge on any atom is -0.870 e. The summed E-state index contributed by atoms with van der Waals surface area (Å²) in [7, 11) is 3.45. The molecule has 220 valence electrons. The molecule has 2 N–H and O–H groups in total. The topological polar surface area (TPSA) is 104 Å². The summed E-state index contributed by atoms with van der Waals surface area (Å²) in [5.41, 5.74) is 0. The molecule has 0 fully saturated rings. The first-order valence-corrected chi connectivity index (χ1v) is 15.7. The fraction of sp³-hybridized carbons (Fsp3) is 1.00. The predicted octanol–water partition coefficient (Wildman–Crippen LogP) is 6.94. The third-order valence-electron chi connectivity index (χ3n) is 6.22. The van der Waals surface area contributed by atoms with Crippen molar-refractivity contribution in [3.05, 3.63) is 0 Å². The van der Waals surface area contributed by atoms with E-state index in [1.165, 1.54) is 96.3 Å². The summed E-state index contributed by atoms with van der Waals surface area (Å²) in [6.07, 6.45) is 21.2. The van der Waals surface area contributed by atoms with Crippen LogP contribution in [0.3, 0.4) is 0 Å². The van der Waals surface area contributed by atoms with Gasteiger partial charge in [0.1, 0.15) is 19.3 Å². The lowest BCUT2D eigenvalue weighted by atomic mass is 10.0. The molecular formula is C27H60NO7P. The maximum absolute atomic E-state index is 12.0. The molecule has 0 saturated carbocycles. The summed E-state index contributed by atoms with van der Waals surface area (Å²) in [5, 5.41) is 0. The Morgan fingerprint density at radius 3 is 1.56 bits per heavy atom. The molecule has 0 rings (SSSR count). The molecule has 0 aliphatic heterocycles. The van der Waals surface area contributed by atoms with E-state index in [-0.39, 0.29) is 18.7 Å². The van der Waals surface area contributed by atoms with Gasteiger partial charge in [-0.15, -0.1) is 0 Å². The molecule has 36 heavy (non-hydrogen) atoms. The molecule has 8 nitrogen and oxygen atoms in total. The van der Waals surface area contributed by atoms with Crippen LogP contribution in [0.5, 0.6) is 0 Å². The van der Waals surface area contributed by atoms with Gasteiger partial charge in [-0.1, -0.05) is 103 Å². The second-order valence-corrected chi connectivity index (χ2v) is 12.3. The average molecular weight is 542 g/mol. The van der Waals surface area contributed by atoms with Gasteiger partial charge in [-0.05, 0) is 6.42 Å². The highest BCUT2D eigenvalue weighted by Crippen LogP contribution is 2.43. The Labute approximate surface area is 222 Å². The first kappa shape index (κ1) is 38.1. The van der Waals surface area contributed by atoms with Gasteiger partial charge in [-0.3, -0.25) is 9.05 Å². The Morgan fingerprint density at radius 1 is 0.694 bits per heavy atom. The van der Waals surface area contributed by atoms with Gasteiger partial charge in [0.2, 0.25) is 0 Å². The third kappa shape index (κ3) is 28.5. The normalized spacial score (nSPS) is 14.4. The standard InChI is InChI=1S/C27H58NO6P.H2O/c1-6-7-8-9-10-11-12-13-14-15-16-17-18-19-20-21-23-32-25-27(31-5)26-34-35(29,30)33-24-22-28(2,3)4;/h27H,6-26H2,1-5H3;1H2. The number of unbranched alkanes of at least 4 members (excludes halogenated alkanes) is 15. The highest BCUT2D eigenvalue weighted by atomic mass is 31.2. The molecule has 9 heteroatoms. The molecule has 0 aliphatic carbocycles. The van der Waals surface area contributed by atoms with Gasteiger partial charge in [-0.2, -0.15) is 0 Å². The lowest BCUT2D eigenvalue weighted by Gasteiger charge is -2.24. The molecule has 2 unspecified atom stereocenters. The molecule has 0 radical (unpaired) electrons. The Balaban J connectivity index is 0. The van der Waals surface area contributed by atoms with Crippen LogP contribution in [-0.2, 0) is 23.1 Å². The van der Waals surface area contributed by atoms with Crippen molar-refractivity contribution in [3.63, 3.8) is 0 Å². The minimum atomic E-state index is -4.07. The predicted molar refractivity (Wildman–Crippen MR) is 148 cm³/mol. The van der Waals surface area contributed by atoms with Crippen LogP contribution < -0.4 is 0 Å². The van der Waals surface area contributed by atoms with Crippen molar-refractivity contribution >= 4 is 7.82 Å².